The normalized spacial score (nSPS) is 19.5. The van der Waals surface area contributed by atoms with Crippen LogP contribution >= 0.6 is 23.2 Å². The van der Waals surface area contributed by atoms with E-state index in [2.05, 4.69) is 14.8 Å². The summed E-state index contributed by atoms with van der Waals surface area (Å²) in [7, 11) is 0. The molecule has 4 rings (SSSR count). The van der Waals surface area contributed by atoms with E-state index < -0.39 is 0 Å². The predicted octanol–water partition coefficient (Wildman–Crippen LogP) is 3.32. The number of piperidine rings is 1. The van der Waals surface area contributed by atoms with E-state index >= 15 is 0 Å². The number of ether oxygens (including phenoxy) is 1. The zero-order valence-corrected chi connectivity index (χ0v) is 15.8. The third-order valence-electron chi connectivity index (χ3n) is 5.02. The van der Waals surface area contributed by atoms with Crippen LogP contribution < -0.4 is 4.74 Å². The van der Waals surface area contributed by atoms with E-state index in [0.717, 1.165) is 50.4 Å². The number of halogens is 2. The fourth-order valence-electron chi connectivity index (χ4n) is 3.71. The Morgan fingerprint density at radius 2 is 2.12 bits per heavy atom. The molecule has 2 aliphatic rings. The van der Waals surface area contributed by atoms with Crippen LogP contribution in [0.3, 0.4) is 0 Å². The molecule has 26 heavy (non-hydrogen) atoms. The highest BCUT2D eigenvalue weighted by Crippen LogP contribution is 2.30. The molecule has 2 aliphatic heterocycles. The smallest absolute Gasteiger partial charge is 0.260 e. The molecule has 1 amide bonds. The van der Waals surface area contributed by atoms with Gasteiger partial charge >= 0.3 is 0 Å². The van der Waals surface area contributed by atoms with E-state index in [-0.39, 0.29) is 18.4 Å². The van der Waals surface area contributed by atoms with Crippen LogP contribution in [-0.4, -0.2) is 45.3 Å². The SMILES string of the molecule is O=C(COc1ccc(Cl)cc1Cl)N1CCCC(c2nnc3n2CCC3)C1. The van der Waals surface area contributed by atoms with Crippen molar-refractivity contribution in [1.82, 2.24) is 19.7 Å². The van der Waals surface area contributed by atoms with Gasteiger partial charge in [-0.3, -0.25) is 4.79 Å². The van der Waals surface area contributed by atoms with Crippen LogP contribution in [0.15, 0.2) is 18.2 Å². The Hall–Kier alpha value is -1.79. The van der Waals surface area contributed by atoms with E-state index in [1.807, 2.05) is 4.90 Å². The summed E-state index contributed by atoms with van der Waals surface area (Å²) in [4.78, 5) is 14.4. The van der Waals surface area contributed by atoms with Gasteiger partial charge in [-0.15, -0.1) is 10.2 Å². The molecule has 0 N–H and O–H groups in total. The number of aryl methyl sites for hydroxylation is 1. The Bertz CT molecular complexity index is 824. The quantitative estimate of drug-likeness (QED) is 0.797. The first-order valence-corrected chi connectivity index (χ1v) is 9.65. The van der Waals surface area contributed by atoms with Crippen molar-refractivity contribution in [3.05, 3.63) is 39.9 Å². The Balaban J connectivity index is 1.38. The molecule has 138 valence electrons. The summed E-state index contributed by atoms with van der Waals surface area (Å²) in [5, 5.41) is 9.62. The molecule has 1 fully saturated rings. The maximum atomic E-state index is 12.6. The number of aromatic nitrogens is 3. The molecular formula is C18H20Cl2N4O2. The van der Waals surface area contributed by atoms with Gasteiger partial charge in [0.15, 0.2) is 6.61 Å². The van der Waals surface area contributed by atoms with Gasteiger partial charge in [0.2, 0.25) is 0 Å². The van der Waals surface area contributed by atoms with Crippen molar-refractivity contribution >= 4 is 29.1 Å². The molecule has 1 aromatic carbocycles. The van der Waals surface area contributed by atoms with Gasteiger partial charge in [-0.25, -0.2) is 0 Å². The summed E-state index contributed by atoms with van der Waals surface area (Å²) < 4.78 is 7.82. The number of hydrogen-bond acceptors (Lipinski definition) is 4. The molecule has 0 saturated carbocycles. The Kier molecular flexibility index (Phi) is 5.05. The molecule has 3 heterocycles. The lowest BCUT2D eigenvalue weighted by molar-refractivity contribution is -0.134. The third-order valence-corrected chi connectivity index (χ3v) is 5.55. The summed E-state index contributed by atoms with van der Waals surface area (Å²) in [6.07, 6.45) is 4.12. The zero-order valence-electron chi connectivity index (χ0n) is 14.3. The highest BCUT2D eigenvalue weighted by molar-refractivity contribution is 6.35. The number of rotatable bonds is 4. The average Bonchev–Trinajstić information content (AvgIpc) is 3.24. The third kappa shape index (κ3) is 3.53. The molecule has 8 heteroatoms. The molecule has 1 aromatic heterocycles. The van der Waals surface area contributed by atoms with Crippen molar-refractivity contribution in [2.45, 2.75) is 38.1 Å². The standard InChI is InChI=1S/C18H20Cl2N4O2/c19-13-5-6-15(14(20)9-13)26-11-17(25)23-7-1-3-12(10-23)18-22-21-16-4-2-8-24(16)18/h5-6,9,12H,1-4,7-8,10-11H2. The van der Waals surface area contributed by atoms with Gasteiger partial charge in [-0.2, -0.15) is 0 Å². The average molecular weight is 395 g/mol. The summed E-state index contributed by atoms with van der Waals surface area (Å²) in [5.74, 6) is 2.77. The first-order valence-electron chi connectivity index (χ1n) is 8.89. The number of fused-ring (bicyclic) bond motifs is 1. The van der Waals surface area contributed by atoms with Gasteiger partial charge in [0, 0.05) is 37.0 Å². The second-order valence-corrected chi connectivity index (χ2v) is 7.62. The topological polar surface area (TPSA) is 60.2 Å². The highest BCUT2D eigenvalue weighted by Gasteiger charge is 2.30. The van der Waals surface area contributed by atoms with Crippen LogP contribution in [0, 0.1) is 0 Å². The summed E-state index contributed by atoms with van der Waals surface area (Å²) in [6.45, 7) is 2.36. The number of hydrogen-bond donors (Lipinski definition) is 0. The van der Waals surface area contributed by atoms with Crippen LogP contribution in [0.5, 0.6) is 5.75 Å². The van der Waals surface area contributed by atoms with Crippen molar-refractivity contribution in [2.75, 3.05) is 19.7 Å². The minimum atomic E-state index is -0.0399. The fraction of sp³-hybridized carbons (Fsp3) is 0.500. The number of benzene rings is 1. The highest BCUT2D eigenvalue weighted by atomic mass is 35.5. The summed E-state index contributed by atoms with van der Waals surface area (Å²) in [6, 6.07) is 4.97. The van der Waals surface area contributed by atoms with Gasteiger partial charge < -0.3 is 14.2 Å². The molecule has 1 saturated heterocycles. The van der Waals surface area contributed by atoms with E-state index in [1.54, 1.807) is 18.2 Å². The minimum Gasteiger partial charge on any atom is -0.482 e. The van der Waals surface area contributed by atoms with Crippen molar-refractivity contribution in [3.63, 3.8) is 0 Å². The van der Waals surface area contributed by atoms with Crippen LogP contribution in [0.2, 0.25) is 10.0 Å². The Morgan fingerprint density at radius 3 is 2.96 bits per heavy atom. The van der Waals surface area contributed by atoms with Crippen molar-refractivity contribution in [3.8, 4) is 5.75 Å². The summed E-state index contributed by atoms with van der Waals surface area (Å²) in [5.41, 5.74) is 0. The van der Waals surface area contributed by atoms with Crippen LogP contribution in [-0.2, 0) is 17.8 Å². The summed E-state index contributed by atoms with van der Waals surface area (Å²) >= 11 is 12.0. The van der Waals surface area contributed by atoms with E-state index in [9.17, 15) is 4.79 Å². The minimum absolute atomic E-state index is 0.0357. The van der Waals surface area contributed by atoms with E-state index in [0.29, 0.717) is 22.3 Å². The number of carbonyl (C=O) groups excluding carboxylic acids is 1. The predicted molar refractivity (Wildman–Crippen MR) is 98.9 cm³/mol. The van der Waals surface area contributed by atoms with Gasteiger partial charge in [-0.1, -0.05) is 23.2 Å². The van der Waals surface area contributed by atoms with Crippen LogP contribution in [0.25, 0.3) is 0 Å². The molecule has 1 unspecified atom stereocenters. The molecule has 6 nitrogen and oxygen atoms in total. The maximum absolute atomic E-state index is 12.6. The van der Waals surface area contributed by atoms with E-state index in [1.165, 1.54) is 0 Å². The van der Waals surface area contributed by atoms with Gasteiger partial charge in [-0.05, 0) is 37.5 Å². The number of likely N-dealkylation sites (tertiary alicyclic amines) is 1. The van der Waals surface area contributed by atoms with Crippen LogP contribution in [0.4, 0.5) is 0 Å². The largest absolute Gasteiger partial charge is 0.482 e. The van der Waals surface area contributed by atoms with E-state index in [4.69, 9.17) is 27.9 Å². The molecule has 0 bridgehead atoms. The lowest BCUT2D eigenvalue weighted by Gasteiger charge is -2.32. The lowest BCUT2D eigenvalue weighted by Crippen LogP contribution is -2.42. The molecule has 2 aromatic rings. The van der Waals surface area contributed by atoms with Gasteiger partial charge in [0.1, 0.15) is 17.4 Å². The zero-order chi connectivity index (χ0) is 18.1. The molecular weight excluding hydrogens is 375 g/mol. The molecule has 1 atom stereocenters. The second kappa shape index (κ2) is 7.45. The Morgan fingerprint density at radius 1 is 1.23 bits per heavy atom. The van der Waals surface area contributed by atoms with Gasteiger partial charge in [0.25, 0.3) is 5.91 Å². The van der Waals surface area contributed by atoms with Crippen molar-refractivity contribution < 1.29 is 9.53 Å². The number of amides is 1. The number of carbonyl (C=O) groups is 1. The molecule has 0 aliphatic carbocycles. The van der Waals surface area contributed by atoms with Crippen LogP contribution in [0.1, 0.15) is 36.8 Å². The monoisotopic (exact) mass is 394 g/mol. The van der Waals surface area contributed by atoms with Crippen molar-refractivity contribution in [2.24, 2.45) is 0 Å². The maximum Gasteiger partial charge on any atom is 0.260 e. The molecule has 0 radical (unpaired) electrons. The first kappa shape index (κ1) is 17.6. The van der Waals surface area contributed by atoms with Gasteiger partial charge in [0.05, 0.1) is 5.02 Å². The second-order valence-electron chi connectivity index (χ2n) is 6.77. The molecule has 0 spiro atoms. The Labute approximate surface area is 162 Å². The fourth-order valence-corrected chi connectivity index (χ4v) is 4.18. The number of nitrogens with zero attached hydrogens (tertiary/aromatic N) is 4. The lowest BCUT2D eigenvalue weighted by atomic mass is 9.97. The first-order chi connectivity index (χ1) is 12.6. The van der Waals surface area contributed by atoms with Crippen molar-refractivity contribution in [1.29, 1.82) is 0 Å².